The molecule has 0 bridgehead atoms. The van der Waals surface area contributed by atoms with Gasteiger partial charge in [0.25, 0.3) is 0 Å². The number of anilines is 1. The number of halogens is 3. The first-order chi connectivity index (χ1) is 14.4. The summed E-state index contributed by atoms with van der Waals surface area (Å²) in [6.45, 7) is 2.32. The summed E-state index contributed by atoms with van der Waals surface area (Å²) >= 11 is 0. The average molecular weight is 443 g/mol. The fourth-order valence-corrected chi connectivity index (χ4v) is 3.11. The number of hydrogen-bond acceptors (Lipinski definition) is 7. The first kappa shape index (κ1) is 23.9. The molecule has 4 N–H and O–H groups in total. The number of aliphatic carboxylic acids is 1. The van der Waals surface area contributed by atoms with E-state index in [1.54, 1.807) is 6.07 Å². The van der Waals surface area contributed by atoms with Crippen LogP contribution in [0.5, 0.6) is 0 Å². The molecule has 12 heteroatoms. The molecule has 0 aliphatic carbocycles. The Labute approximate surface area is 173 Å². The lowest BCUT2D eigenvalue weighted by Crippen LogP contribution is -2.47. The number of carbonyl (C=O) groups is 3. The summed E-state index contributed by atoms with van der Waals surface area (Å²) in [7, 11) is 0. The van der Waals surface area contributed by atoms with E-state index >= 15 is 0 Å². The summed E-state index contributed by atoms with van der Waals surface area (Å²) in [6.07, 6.45) is -3.59. The fraction of sp³-hybridized carbons (Fsp3) is 0.368. The monoisotopic (exact) mass is 443 g/mol. The van der Waals surface area contributed by atoms with E-state index in [1.807, 2.05) is 24.0 Å². The highest BCUT2D eigenvalue weighted by molar-refractivity contribution is 6.00. The Morgan fingerprint density at radius 1 is 1.29 bits per heavy atom. The molecule has 0 spiro atoms. The van der Waals surface area contributed by atoms with Crippen molar-refractivity contribution in [1.82, 2.24) is 5.32 Å². The minimum Gasteiger partial charge on any atom is -0.475 e. The van der Waals surface area contributed by atoms with Crippen molar-refractivity contribution in [3.8, 4) is 0 Å². The van der Waals surface area contributed by atoms with Gasteiger partial charge in [-0.25, -0.2) is 9.59 Å². The molecule has 1 atom stereocenters. The largest absolute Gasteiger partial charge is 0.490 e. The zero-order valence-electron chi connectivity index (χ0n) is 16.4. The lowest BCUT2D eigenvalue weighted by molar-refractivity contribution is -0.192. The average Bonchev–Trinajstić information content (AvgIpc) is 3.17. The highest BCUT2D eigenvalue weighted by atomic mass is 19.4. The normalized spacial score (nSPS) is 15.9. The highest BCUT2D eigenvalue weighted by Crippen LogP contribution is 2.29. The molecule has 1 fully saturated rings. The Balaban J connectivity index is 0.000000423. The molecule has 2 heterocycles. The number of fused-ring (bicyclic) bond motifs is 1. The molecule has 1 aromatic heterocycles. The quantitative estimate of drug-likeness (QED) is 0.603. The third-order valence-electron chi connectivity index (χ3n) is 4.51. The number of carboxylic acids is 1. The SMILES string of the molecule is Cc1cc(=O)oc2cc(N3CCC[C@H]3C(=O)NC(=O)CN)ccc12.O=C(O)C(F)(F)F. The summed E-state index contributed by atoms with van der Waals surface area (Å²) in [6, 6.07) is 6.55. The van der Waals surface area contributed by atoms with Gasteiger partial charge in [-0.05, 0) is 37.5 Å². The number of nitrogens with two attached hydrogens (primary N) is 1. The molecule has 168 valence electrons. The number of nitrogens with zero attached hydrogens (tertiary/aromatic N) is 1. The summed E-state index contributed by atoms with van der Waals surface area (Å²) in [5, 5.41) is 10.3. The highest BCUT2D eigenvalue weighted by Gasteiger charge is 2.38. The predicted octanol–water partition coefficient (Wildman–Crippen LogP) is 1.31. The van der Waals surface area contributed by atoms with Crippen LogP contribution in [-0.2, 0) is 14.4 Å². The second kappa shape index (κ2) is 9.60. The van der Waals surface area contributed by atoms with Gasteiger partial charge in [-0.3, -0.25) is 14.9 Å². The lowest BCUT2D eigenvalue weighted by Gasteiger charge is -2.25. The number of hydrogen-bond donors (Lipinski definition) is 3. The van der Waals surface area contributed by atoms with Crippen LogP contribution in [0, 0.1) is 6.92 Å². The molecule has 2 aromatic rings. The van der Waals surface area contributed by atoms with Crippen LogP contribution in [0.1, 0.15) is 18.4 Å². The van der Waals surface area contributed by atoms with Crippen molar-refractivity contribution in [2.75, 3.05) is 18.0 Å². The number of carboxylic acid groups (broad SMARTS) is 1. The van der Waals surface area contributed by atoms with Crippen molar-refractivity contribution in [1.29, 1.82) is 0 Å². The van der Waals surface area contributed by atoms with Crippen LogP contribution in [0.2, 0.25) is 0 Å². The zero-order valence-corrected chi connectivity index (χ0v) is 16.4. The fourth-order valence-electron chi connectivity index (χ4n) is 3.11. The van der Waals surface area contributed by atoms with E-state index in [1.165, 1.54) is 6.07 Å². The first-order valence-corrected chi connectivity index (χ1v) is 9.09. The van der Waals surface area contributed by atoms with Gasteiger partial charge in [0, 0.05) is 29.8 Å². The number of rotatable bonds is 3. The Kier molecular flexibility index (Phi) is 7.39. The number of amides is 2. The minimum absolute atomic E-state index is 0.223. The third-order valence-corrected chi connectivity index (χ3v) is 4.51. The molecule has 1 saturated heterocycles. The molecule has 31 heavy (non-hydrogen) atoms. The molecule has 0 saturated carbocycles. The maximum absolute atomic E-state index is 12.3. The number of nitrogens with one attached hydrogen (secondary N) is 1. The Morgan fingerprint density at radius 3 is 2.52 bits per heavy atom. The molecule has 1 aliphatic heterocycles. The molecule has 9 nitrogen and oxygen atoms in total. The van der Waals surface area contributed by atoms with E-state index in [2.05, 4.69) is 5.32 Å². The van der Waals surface area contributed by atoms with E-state index in [9.17, 15) is 27.6 Å². The first-order valence-electron chi connectivity index (χ1n) is 9.09. The minimum atomic E-state index is -5.08. The van der Waals surface area contributed by atoms with Crippen LogP contribution in [0.15, 0.2) is 33.5 Å². The smallest absolute Gasteiger partial charge is 0.475 e. The van der Waals surface area contributed by atoms with Gasteiger partial charge in [0.15, 0.2) is 0 Å². The van der Waals surface area contributed by atoms with Crippen molar-refractivity contribution in [3.05, 3.63) is 40.2 Å². The molecular formula is C19H20F3N3O6. The van der Waals surface area contributed by atoms with Crippen LogP contribution >= 0.6 is 0 Å². The van der Waals surface area contributed by atoms with Gasteiger partial charge < -0.3 is 20.2 Å². The summed E-state index contributed by atoms with van der Waals surface area (Å²) in [4.78, 5) is 46.0. The molecule has 2 amide bonds. The van der Waals surface area contributed by atoms with E-state index < -0.39 is 29.7 Å². The molecule has 3 rings (SSSR count). The maximum atomic E-state index is 12.3. The standard InChI is InChI=1S/C17H19N3O4.C2HF3O2/c1-10-7-16(22)24-14-8-11(4-5-12(10)14)20-6-2-3-13(20)17(23)19-15(21)9-18;3-2(4,5)1(6)7/h4-5,7-8,13H,2-3,6,9,18H2,1H3,(H,19,21,23);(H,6,7)/t13-;/m0./s1. The van der Waals surface area contributed by atoms with Gasteiger partial charge in [-0.1, -0.05) is 0 Å². The van der Waals surface area contributed by atoms with Crippen LogP contribution in [-0.4, -0.2) is 48.2 Å². The van der Waals surface area contributed by atoms with Crippen molar-refractivity contribution < 1.29 is 37.1 Å². The van der Waals surface area contributed by atoms with Gasteiger partial charge in [0.05, 0.1) is 6.54 Å². The molecule has 1 aromatic carbocycles. The summed E-state index contributed by atoms with van der Waals surface area (Å²) < 4.78 is 37.0. The number of alkyl halides is 3. The molecule has 0 unspecified atom stereocenters. The van der Waals surface area contributed by atoms with Gasteiger partial charge in [0.2, 0.25) is 11.8 Å². The van der Waals surface area contributed by atoms with E-state index in [0.29, 0.717) is 18.5 Å². The van der Waals surface area contributed by atoms with Crippen molar-refractivity contribution in [2.45, 2.75) is 32.0 Å². The third kappa shape index (κ3) is 6.04. The van der Waals surface area contributed by atoms with Gasteiger partial charge in [-0.15, -0.1) is 0 Å². The van der Waals surface area contributed by atoms with Gasteiger partial charge in [0.1, 0.15) is 11.6 Å². The van der Waals surface area contributed by atoms with Gasteiger partial charge >= 0.3 is 17.8 Å². The van der Waals surface area contributed by atoms with E-state index in [-0.39, 0.29) is 12.5 Å². The maximum Gasteiger partial charge on any atom is 0.490 e. The molecule has 0 radical (unpaired) electrons. The van der Waals surface area contributed by atoms with Crippen LogP contribution < -0.4 is 21.6 Å². The Hall–Kier alpha value is -3.41. The number of imide groups is 1. The Bertz CT molecular complexity index is 1050. The van der Waals surface area contributed by atoms with Crippen molar-refractivity contribution >= 4 is 34.4 Å². The summed E-state index contributed by atoms with van der Waals surface area (Å²) in [5.41, 5.74) is 6.95. The molecular weight excluding hydrogens is 423 g/mol. The van der Waals surface area contributed by atoms with Gasteiger partial charge in [-0.2, -0.15) is 13.2 Å². The number of benzene rings is 1. The second-order valence-corrected chi connectivity index (χ2v) is 6.70. The Morgan fingerprint density at radius 2 is 1.94 bits per heavy atom. The van der Waals surface area contributed by atoms with E-state index in [4.69, 9.17) is 20.1 Å². The topological polar surface area (TPSA) is 143 Å². The van der Waals surface area contributed by atoms with Crippen LogP contribution in [0.25, 0.3) is 11.0 Å². The second-order valence-electron chi connectivity index (χ2n) is 6.70. The van der Waals surface area contributed by atoms with Crippen LogP contribution in [0.4, 0.5) is 18.9 Å². The predicted molar refractivity (Wildman–Crippen MR) is 103 cm³/mol. The summed E-state index contributed by atoms with van der Waals surface area (Å²) in [5.74, 6) is -3.60. The molecule has 1 aliphatic rings. The van der Waals surface area contributed by atoms with E-state index in [0.717, 1.165) is 23.1 Å². The number of carbonyl (C=O) groups excluding carboxylic acids is 2. The lowest BCUT2D eigenvalue weighted by atomic mass is 10.1. The van der Waals surface area contributed by atoms with Crippen molar-refractivity contribution in [2.24, 2.45) is 5.73 Å². The zero-order chi connectivity index (χ0) is 23.3. The van der Waals surface area contributed by atoms with Crippen molar-refractivity contribution in [3.63, 3.8) is 0 Å². The van der Waals surface area contributed by atoms with Crippen LogP contribution in [0.3, 0.4) is 0 Å². The number of aryl methyl sites for hydroxylation is 1.